The van der Waals surface area contributed by atoms with Gasteiger partial charge in [-0.2, -0.15) is 0 Å². The summed E-state index contributed by atoms with van der Waals surface area (Å²) < 4.78 is 13.1. The first-order chi connectivity index (χ1) is 13.4. The van der Waals surface area contributed by atoms with Crippen molar-refractivity contribution in [3.63, 3.8) is 0 Å². The van der Waals surface area contributed by atoms with E-state index in [2.05, 4.69) is 10.6 Å². The summed E-state index contributed by atoms with van der Waals surface area (Å²) in [6.07, 6.45) is 1.61. The number of aliphatic carboxylic acids is 1. The summed E-state index contributed by atoms with van der Waals surface area (Å²) in [5.41, 5.74) is 1.93. The molecule has 3 rings (SSSR count). The van der Waals surface area contributed by atoms with Crippen molar-refractivity contribution in [1.82, 2.24) is 5.32 Å². The number of anilines is 1. The number of carbonyl (C=O) groups excluding carboxylic acids is 2. The van der Waals surface area contributed by atoms with Crippen molar-refractivity contribution < 1.29 is 23.9 Å². The van der Waals surface area contributed by atoms with E-state index in [9.17, 15) is 18.8 Å². The lowest BCUT2D eigenvalue weighted by atomic mass is 10.0. The van der Waals surface area contributed by atoms with Gasteiger partial charge in [0.25, 0.3) is 0 Å². The third-order valence-corrected chi connectivity index (χ3v) is 4.52. The minimum atomic E-state index is -1.06. The maximum absolute atomic E-state index is 13.1. The van der Waals surface area contributed by atoms with Crippen LogP contribution in [-0.2, 0) is 20.8 Å². The number of benzene rings is 2. The Bertz CT molecular complexity index is 861. The molecule has 1 atom stereocenters. The van der Waals surface area contributed by atoms with Gasteiger partial charge in [-0.15, -0.1) is 0 Å². The van der Waals surface area contributed by atoms with E-state index in [1.165, 1.54) is 24.3 Å². The highest BCUT2D eigenvalue weighted by molar-refractivity contribution is 5.94. The molecule has 2 amide bonds. The monoisotopic (exact) mass is 384 g/mol. The molecule has 1 aliphatic rings. The SMILES string of the molecule is O=C(O)C[C@H](NC(=O)Cc1ccc(NC(=O)C2CC2)cc1)c1ccc(F)cc1. The van der Waals surface area contributed by atoms with Crippen molar-refractivity contribution in [1.29, 1.82) is 0 Å². The zero-order valence-electron chi connectivity index (χ0n) is 15.2. The normalized spacial score (nSPS) is 14.2. The number of rotatable bonds is 8. The Balaban J connectivity index is 1.59. The number of amides is 2. The zero-order chi connectivity index (χ0) is 20.1. The summed E-state index contributed by atoms with van der Waals surface area (Å²) in [7, 11) is 0. The fraction of sp³-hybridized carbons (Fsp3) is 0.286. The Hall–Kier alpha value is -3.22. The lowest BCUT2D eigenvalue weighted by Crippen LogP contribution is -2.31. The van der Waals surface area contributed by atoms with Crippen molar-refractivity contribution in [3.05, 3.63) is 65.5 Å². The van der Waals surface area contributed by atoms with Crippen LogP contribution in [0.4, 0.5) is 10.1 Å². The fourth-order valence-electron chi connectivity index (χ4n) is 2.85. The molecule has 0 aliphatic heterocycles. The Morgan fingerprint density at radius 2 is 1.68 bits per heavy atom. The maximum Gasteiger partial charge on any atom is 0.305 e. The second-order valence-electron chi connectivity index (χ2n) is 6.91. The van der Waals surface area contributed by atoms with Gasteiger partial charge in [0.15, 0.2) is 0 Å². The molecular weight excluding hydrogens is 363 g/mol. The molecule has 3 N–H and O–H groups in total. The predicted octanol–water partition coefficient (Wildman–Crippen LogP) is 3.05. The maximum atomic E-state index is 13.1. The minimum Gasteiger partial charge on any atom is -0.481 e. The van der Waals surface area contributed by atoms with E-state index >= 15 is 0 Å². The van der Waals surface area contributed by atoms with Crippen molar-refractivity contribution in [3.8, 4) is 0 Å². The van der Waals surface area contributed by atoms with Gasteiger partial charge in [-0.05, 0) is 48.2 Å². The summed E-state index contributed by atoms with van der Waals surface area (Å²) in [4.78, 5) is 35.2. The second kappa shape index (κ2) is 8.65. The van der Waals surface area contributed by atoms with E-state index in [-0.39, 0.29) is 30.6 Å². The van der Waals surface area contributed by atoms with Crippen LogP contribution >= 0.6 is 0 Å². The van der Waals surface area contributed by atoms with Crippen LogP contribution in [0.3, 0.4) is 0 Å². The number of carboxylic acid groups (broad SMARTS) is 1. The predicted molar refractivity (Wildman–Crippen MR) is 101 cm³/mol. The molecule has 0 heterocycles. The lowest BCUT2D eigenvalue weighted by molar-refractivity contribution is -0.137. The fourth-order valence-corrected chi connectivity index (χ4v) is 2.85. The molecule has 0 aromatic heterocycles. The number of carbonyl (C=O) groups is 3. The molecule has 0 unspecified atom stereocenters. The smallest absolute Gasteiger partial charge is 0.305 e. The van der Waals surface area contributed by atoms with E-state index in [1.807, 2.05) is 0 Å². The van der Waals surface area contributed by atoms with Gasteiger partial charge >= 0.3 is 5.97 Å². The lowest BCUT2D eigenvalue weighted by Gasteiger charge is -2.17. The molecule has 7 heteroatoms. The third-order valence-electron chi connectivity index (χ3n) is 4.52. The standard InChI is InChI=1S/C21H21FN2O4/c22-16-7-5-14(6-8-16)18(12-20(26)27)24-19(25)11-13-1-9-17(10-2-13)23-21(28)15-3-4-15/h1-2,5-10,15,18H,3-4,11-12H2,(H,23,28)(H,24,25)(H,26,27)/t18-/m0/s1. The molecular formula is C21H21FN2O4. The van der Waals surface area contributed by atoms with E-state index in [4.69, 9.17) is 5.11 Å². The molecule has 0 radical (unpaired) electrons. The summed E-state index contributed by atoms with van der Waals surface area (Å²) in [5.74, 6) is -1.71. The largest absolute Gasteiger partial charge is 0.481 e. The average Bonchev–Trinajstić information content (AvgIpc) is 3.48. The van der Waals surface area contributed by atoms with Crippen LogP contribution in [0.25, 0.3) is 0 Å². The summed E-state index contributed by atoms with van der Waals surface area (Å²) >= 11 is 0. The van der Waals surface area contributed by atoms with Gasteiger partial charge in [-0.1, -0.05) is 24.3 Å². The Kier molecular flexibility index (Phi) is 6.03. The highest BCUT2D eigenvalue weighted by atomic mass is 19.1. The second-order valence-corrected chi connectivity index (χ2v) is 6.91. The molecule has 6 nitrogen and oxygen atoms in total. The average molecular weight is 384 g/mol. The molecule has 0 bridgehead atoms. The van der Waals surface area contributed by atoms with Crippen LogP contribution in [0, 0.1) is 11.7 Å². The first kappa shape index (κ1) is 19.5. The first-order valence-corrected chi connectivity index (χ1v) is 9.07. The first-order valence-electron chi connectivity index (χ1n) is 9.07. The molecule has 28 heavy (non-hydrogen) atoms. The van der Waals surface area contributed by atoms with E-state index in [0.29, 0.717) is 11.3 Å². The molecule has 0 spiro atoms. The van der Waals surface area contributed by atoms with Crippen LogP contribution in [0.2, 0.25) is 0 Å². The number of halogens is 1. The van der Waals surface area contributed by atoms with Crippen LogP contribution < -0.4 is 10.6 Å². The molecule has 146 valence electrons. The Morgan fingerprint density at radius 1 is 1.04 bits per heavy atom. The van der Waals surface area contributed by atoms with Gasteiger partial charge in [0.2, 0.25) is 11.8 Å². The van der Waals surface area contributed by atoms with Crippen LogP contribution in [0.15, 0.2) is 48.5 Å². The quantitative estimate of drug-likeness (QED) is 0.652. The van der Waals surface area contributed by atoms with E-state index < -0.39 is 17.8 Å². The van der Waals surface area contributed by atoms with Crippen molar-refractivity contribution >= 4 is 23.5 Å². The van der Waals surface area contributed by atoms with Crippen molar-refractivity contribution in [2.75, 3.05) is 5.32 Å². The summed E-state index contributed by atoms with van der Waals surface area (Å²) in [5, 5.41) is 14.6. The van der Waals surface area contributed by atoms with Gasteiger partial charge < -0.3 is 15.7 Å². The van der Waals surface area contributed by atoms with Gasteiger partial charge in [-0.3, -0.25) is 14.4 Å². The van der Waals surface area contributed by atoms with Crippen LogP contribution in [0.5, 0.6) is 0 Å². The van der Waals surface area contributed by atoms with Crippen molar-refractivity contribution in [2.45, 2.75) is 31.7 Å². The minimum absolute atomic E-state index is 0.0151. The van der Waals surface area contributed by atoms with Crippen molar-refractivity contribution in [2.24, 2.45) is 5.92 Å². The third kappa shape index (κ3) is 5.64. The van der Waals surface area contributed by atoms with Gasteiger partial charge in [0.1, 0.15) is 5.82 Å². The molecule has 2 aromatic carbocycles. The Labute approximate surface area is 161 Å². The number of nitrogens with one attached hydrogen (secondary N) is 2. The number of hydrogen-bond acceptors (Lipinski definition) is 3. The van der Waals surface area contributed by atoms with E-state index in [0.717, 1.165) is 18.4 Å². The van der Waals surface area contributed by atoms with Gasteiger partial charge in [-0.25, -0.2) is 4.39 Å². The molecule has 1 fully saturated rings. The van der Waals surface area contributed by atoms with Crippen LogP contribution in [0.1, 0.15) is 36.4 Å². The summed E-state index contributed by atoms with van der Waals surface area (Å²) in [6.45, 7) is 0. The van der Waals surface area contributed by atoms with E-state index in [1.54, 1.807) is 24.3 Å². The molecule has 0 saturated heterocycles. The highest BCUT2D eigenvalue weighted by Gasteiger charge is 2.29. The van der Waals surface area contributed by atoms with Gasteiger partial charge in [0, 0.05) is 11.6 Å². The van der Waals surface area contributed by atoms with Gasteiger partial charge in [0.05, 0.1) is 18.9 Å². The zero-order valence-corrected chi connectivity index (χ0v) is 15.2. The molecule has 1 saturated carbocycles. The van der Waals surface area contributed by atoms with Crippen LogP contribution in [-0.4, -0.2) is 22.9 Å². The summed E-state index contributed by atoms with van der Waals surface area (Å²) in [6, 6.07) is 11.6. The molecule has 1 aliphatic carbocycles. The molecule has 2 aromatic rings. The number of carboxylic acids is 1. The highest BCUT2D eigenvalue weighted by Crippen LogP contribution is 2.30. The Morgan fingerprint density at radius 3 is 2.25 bits per heavy atom. The number of hydrogen-bond donors (Lipinski definition) is 3. The topological polar surface area (TPSA) is 95.5 Å².